The van der Waals surface area contributed by atoms with Crippen molar-refractivity contribution in [1.82, 2.24) is 14.8 Å². The first-order valence-electron chi connectivity index (χ1n) is 8.98. The standard InChI is InChI=1S/C21H16Cl2N4O3/c22-15-7-5-14(6-8-15)11-27-13-24-21(26-27)25-20(28)19-10-9-16(30-19)12-29-18-4-2-1-3-17(18)23/h1-10,13H,11-12H2,(H,25,26,28). The Labute approximate surface area is 182 Å². The van der Waals surface area contributed by atoms with Gasteiger partial charge in [0.2, 0.25) is 5.95 Å². The Morgan fingerprint density at radius 2 is 1.87 bits per heavy atom. The number of rotatable bonds is 7. The van der Waals surface area contributed by atoms with Crippen LogP contribution in [0.2, 0.25) is 10.0 Å². The number of anilines is 1. The molecule has 0 saturated heterocycles. The van der Waals surface area contributed by atoms with E-state index < -0.39 is 5.91 Å². The Morgan fingerprint density at radius 1 is 1.07 bits per heavy atom. The Balaban J connectivity index is 1.34. The van der Waals surface area contributed by atoms with Crippen molar-refractivity contribution in [3.63, 3.8) is 0 Å². The summed E-state index contributed by atoms with van der Waals surface area (Å²) in [5, 5.41) is 8.03. The zero-order valence-corrected chi connectivity index (χ0v) is 17.1. The van der Waals surface area contributed by atoms with Crippen molar-refractivity contribution in [1.29, 1.82) is 0 Å². The molecule has 1 amide bonds. The summed E-state index contributed by atoms with van der Waals surface area (Å²) in [6.07, 6.45) is 1.54. The maximum Gasteiger partial charge on any atom is 0.293 e. The highest BCUT2D eigenvalue weighted by atomic mass is 35.5. The number of carbonyl (C=O) groups excluding carboxylic acids is 1. The van der Waals surface area contributed by atoms with Gasteiger partial charge in [0.05, 0.1) is 11.6 Å². The molecule has 152 valence electrons. The molecule has 0 saturated carbocycles. The second-order valence-corrected chi connectivity index (χ2v) is 7.18. The number of hydrogen-bond donors (Lipinski definition) is 1. The van der Waals surface area contributed by atoms with Gasteiger partial charge in [0, 0.05) is 5.02 Å². The number of aromatic nitrogens is 3. The third kappa shape index (κ3) is 5.00. The number of amides is 1. The van der Waals surface area contributed by atoms with Crippen LogP contribution in [0.5, 0.6) is 5.75 Å². The maximum absolute atomic E-state index is 12.4. The fraction of sp³-hybridized carbons (Fsp3) is 0.0952. The molecular weight excluding hydrogens is 427 g/mol. The van der Waals surface area contributed by atoms with Gasteiger partial charge in [-0.2, -0.15) is 0 Å². The Bertz CT molecular complexity index is 1160. The first-order valence-corrected chi connectivity index (χ1v) is 9.74. The first-order chi connectivity index (χ1) is 14.6. The first kappa shape index (κ1) is 20.0. The number of furan rings is 1. The molecule has 0 aliphatic carbocycles. The van der Waals surface area contributed by atoms with Crippen LogP contribution in [0.4, 0.5) is 5.95 Å². The summed E-state index contributed by atoms with van der Waals surface area (Å²) in [7, 11) is 0. The van der Waals surface area contributed by atoms with Gasteiger partial charge >= 0.3 is 0 Å². The molecule has 0 aliphatic heterocycles. The molecular formula is C21H16Cl2N4O3. The molecule has 1 N–H and O–H groups in total. The summed E-state index contributed by atoms with van der Waals surface area (Å²) >= 11 is 11.9. The lowest BCUT2D eigenvalue weighted by atomic mass is 10.2. The van der Waals surface area contributed by atoms with Gasteiger partial charge in [-0.25, -0.2) is 9.67 Å². The molecule has 2 aromatic carbocycles. The predicted molar refractivity (Wildman–Crippen MR) is 113 cm³/mol. The van der Waals surface area contributed by atoms with Crippen LogP contribution in [0.1, 0.15) is 21.9 Å². The Kier molecular flexibility index (Phi) is 6.02. The topological polar surface area (TPSA) is 82.2 Å². The molecule has 2 aromatic heterocycles. The second-order valence-electron chi connectivity index (χ2n) is 6.33. The van der Waals surface area contributed by atoms with E-state index in [9.17, 15) is 4.79 Å². The summed E-state index contributed by atoms with van der Waals surface area (Å²) < 4.78 is 12.8. The quantitative estimate of drug-likeness (QED) is 0.432. The van der Waals surface area contributed by atoms with E-state index >= 15 is 0 Å². The van der Waals surface area contributed by atoms with E-state index in [-0.39, 0.29) is 18.3 Å². The van der Waals surface area contributed by atoms with E-state index in [2.05, 4.69) is 15.4 Å². The van der Waals surface area contributed by atoms with Crippen molar-refractivity contribution in [2.75, 3.05) is 5.32 Å². The molecule has 0 unspecified atom stereocenters. The Morgan fingerprint density at radius 3 is 2.67 bits per heavy atom. The molecule has 30 heavy (non-hydrogen) atoms. The third-order valence-electron chi connectivity index (χ3n) is 4.11. The van der Waals surface area contributed by atoms with Gasteiger partial charge in [0.25, 0.3) is 5.91 Å². The van der Waals surface area contributed by atoms with Crippen LogP contribution in [-0.4, -0.2) is 20.7 Å². The summed E-state index contributed by atoms with van der Waals surface area (Å²) in [4.78, 5) is 16.5. The van der Waals surface area contributed by atoms with Crippen LogP contribution in [0.3, 0.4) is 0 Å². The largest absolute Gasteiger partial charge is 0.484 e. The summed E-state index contributed by atoms with van der Waals surface area (Å²) in [6.45, 7) is 0.648. The van der Waals surface area contributed by atoms with Crippen molar-refractivity contribution >= 4 is 35.1 Å². The van der Waals surface area contributed by atoms with Crippen LogP contribution in [0, 0.1) is 0 Å². The number of benzene rings is 2. The number of nitrogens with one attached hydrogen (secondary N) is 1. The van der Waals surface area contributed by atoms with E-state index in [1.807, 2.05) is 24.3 Å². The minimum Gasteiger partial charge on any atom is -0.484 e. The highest BCUT2D eigenvalue weighted by molar-refractivity contribution is 6.32. The summed E-state index contributed by atoms with van der Waals surface area (Å²) in [5.41, 5.74) is 1.01. The van der Waals surface area contributed by atoms with E-state index in [1.165, 1.54) is 6.33 Å². The third-order valence-corrected chi connectivity index (χ3v) is 4.68. The number of hydrogen-bond acceptors (Lipinski definition) is 5. The van der Waals surface area contributed by atoms with E-state index in [0.29, 0.717) is 28.1 Å². The second kappa shape index (κ2) is 9.02. The van der Waals surface area contributed by atoms with Crippen molar-refractivity contribution in [3.05, 3.63) is 94.1 Å². The molecule has 0 spiro atoms. The molecule has 0 radical (unpaired) electrons. The molecule has 9 heteroatoms. The lowest BCUT2D eigenvalue weighted by molar-refractivity contribution is 0.0991. The highest BCUT2D eigenvalue weighted by Crippen LogP contribution is 2.24. The number of para-hydroxylation sites is 1. The number of nitrogens with zero attached hydrogens (tertiary/aromatic N) is 3. The Hall–Kier alpha value is -3.29. The molecule has 0 aliphatic rings. The van der Waals surface area contributed by atoms with Gasteiger partial charge in [0.15, 0.2) is 5.76 Å². The fourth-order valence-electron chi connectivity index (χ4n) is 2.66. The lowest BCUT2D eigenvalue weighted by Gasteiger charge is -2.05. The number of carbonyl (C=O) groups is 1. The molecule has 0 bridgehead atoms. The normalized spacial score (nSPS) is 10.7. The maximum atomic E-state index is 12.4. The van der Waals surface area contributed by atoms with Gasteiger partial charge in [-0.3, -0.25) is 10.1 Å². The van der Waals surface area contributed by atoms with Crippen molar-refractivity contribution in [2.24, 2.45) is 0 Å². The zero-order chi connectivity index (χ0) is 20.9. The fourth-order valence-corrected chi connectivity index (χ4v) is 2.97. The van der Waals surface area contributed by atoms with Crippen molar-refractivity contribution < 1.29 is 13.9 Å². The lowest BCUT2D eigenvalue weighted by Crippen LogP contribution is -2.12. The average Bonchev–Trinajstić information content (AvgIpc) is 3.39. The van der Waals surface area contributed by atoms with Crippen LogP contribution in [0.25, 0.3) is 0 Å². The molecule has 0 fully saturated rings. The molecule has 0 atom stereocenters. The van der Waals surface area contributed by atoms with E-state index in [0.717, 1.165) is 5.56 Å². The van der Waals surface area contributed by atoms with Crippen LogP contribution >= 0.6 is 23.2 Å². The van der Waals surface area contributed by atoms with E-state index in [1.54, 1.807) is 41.1 Å². The molecule has 2 heterocycles. The van der Waals surface area contributed by atoms with Gasteiger partial charge in [-0.05, 0) is 42.0 Å². The van der Waals surface area contributed by atoms with Crippen molar-refractivity contribution in [3.8, 4) is 5.75 Å². The summed E-state index contributed by atoms with van der Waals surface area (Å²) in [6, 6.07) is 17.8. The van der Waals surface area contributed by atoms with Crippen molar-refractivity contribution in [2.45, 2.75) is 13.2 Å². The number of halogens is 2. The zero-order valence-electron chi connectivity index (χ0n) is 15.6. The predicted octanol–water partition coefficient (Wildman–Crippen LogP) is 5.06. The average molecular weight is 443 g/mol. The van der Waals surface area contributed by atoms with Gasteiger partial charge in [-0.1, -0.05) is 47.5 Å². The minimum absolute atomic E-state index is 0.127. The monoisotopic (exact) mass is 442 g/mol. The SMILES string of the molecule is O=C(Nc1ncn(Cc2ccc(Cl)cc2)n1)c1ccc(COc2ccccc2Cl)o1. The van der Waals surface area contributed by atoms with Crippen LogP contribution in [-0.2, 0) is 13.2 Å². The van der Waals surface area contributed by atoms with Gasteiger partial charge < -0.3 is 9.15 Å². The summed E-state index contributed by atoms with van der Waals surface area (Å²) in [5.74, 6) is 0.877. The van der Waals surface area contributed by atoms with E-state index in [4.69, 9.17) is 32.4 Å². The van der Waals surface area contributed by atoms with Crippen LogP contribution < -0.4 is 10.1 Å². The molecule has 4 rings (SSSR count). The smallest absolute Gasteiger partial charge is 0.293 e. The number of ether oxygens (including phenoxy) is 1. The van der Waals surface area contributed by atoms with Crippen LogP contribution in [0.15, 0.2) is 71.4 Å². The highest BCUT2D eigenvalue weighted by Gasteiger charge is 2.14. The molecule has 7 nitrogen and oxygen atoms in total. The molecule has 4 aromatic rings. The van der Waals surface area contributed by atoms with Gasteiger partial charge in [-0.15, -0.1) is 5.10 Å². The minimum atomic E-state index is -0.455. The van der Waals surface area contributed by atoms with Gasteiger partial charge in [0.1, 0.15) is 24.4 Å².